The van der Waals surface area contributed by atoms with Gasteiger partial charge in [-0.25, -0.2) is 4.98 Å². The third kappa shape index (κ3) is 2.43. The zero-order valence-corrected chi connectivity index (χ0v) is 12.5. The summed E-state index contributed by atoms with van der Waals surface area (Å²) in [6.07, 6.45) is 4.51. The summed E-state index contributed by atoms with van der Waals surface area (Å²) in [6.45, 7) is 1.09. The van der Waals surface area contributed by atoms with Crippen molar-refractivity contribution < 1.29 is 0 Å². The van der Waals surface area contributed by atoms with Gasteiger partial charge < -0.3 is 9.72 Å². The topological polar surface area (TPSA) is 29.3 Å². The molecule has 0 spiro atoms. The maximum atomic E-state index is 4.94. The third-order valence-corrected chi connectivity index (χ3v) is 3.99. The summed E-state index contributed by atoms with van der Waals surface area (Å²) in [4.78, 5) is 4.94. The van der Waals surface area contributed by atoms with Crippen molar-refractivity contribution >= 4 is 17.9 Å². The molecule has 108 valence electrons. The molecule has 0 radical (unpaired) electrons. The number of aromatic nitrogens is 2. The molecule has 1 aliphatic heterocycles. The molecule has 1 atom stereocenters. The van der Waals surface area contributed by atoms with Gasteiger partial charge in [-0.2, -0.15) is 0 Å². The van der Waals surface area contributed by atoms with Crippen LogP contribution in [-0.2, 0) is 0 Å². The first kappa shape index (κ1) is 14.1. The first-order valence-electron chi connectivity index (χ1n) is 7.19. The van der Waals surface area contributed by atoms with Crippen LogP contribution in [0.5, 0.6) is 0 Å². The monoisotopic (exact) mass is 299 g/mol. The van der Waals surface area contributed by atoms with Crippen molar-refractivity contribution in [3.05, 3.63) is 60.6 Å². The van der Waals surface area contributed by atoms with Crippen LogP contribution in [0.1, 0.15) is 24.7 Å². The Balaban J connectivity index is 0.00000132. The molecule has 0 amide bonds. The molecule has 1 N–H and O–H groups in total. The van der Waals surface area contributed by atoms with Gasteiger partial charge in [0, 0.05) is 11.8 Å². The van der Waals surface area contributed by atoms with Crippen molar-refractivity contribution in [1.29, 1.82) is 0 Å². The number of imidazole rings is 1. The Morgan fingerprint density at radius 1 is 1.05 bits per heavy atom. The lowest BCUT2D eigenvalue weighted by Crippen LogP contribution is -2.15. The van der Waals surface area contributed by atoms with Crippen LogP contribution in [0.3, 0.4) is 0 Å². The highest BCUT2D eigenvalue weighted by Gasteiger charge is 2.22. The largest absolute Gasteiger partial charge is 0.307 e. The van der Waals surface area contributed by atoms with Crippen LogP contribution in [0, 0.1) is 0 Å². The van der Waals surface area contributed by atoms with Gasteiger partial charge in [-0.15, -0.1) is 12.4 Å². The second-order valence-electron chi connectivity index (χ2n) is 5.29. The molecule has 3 aromatic rings. The number of fused-ring (bicyclic) bond motifs is 1. The van der Waals surface area contributed by atoms with Gasteiger partial charge in [0.05, 0.1) is 17.3 Å². The van der Waals surface area contributed by atoms with Gasteiger partial charge in [0.2, 0.25) is 0 Å². The minimum Gasteiger partial charge on any atom is -0.307 e. The summed E-state index contributed by atoms with van der Waals surface area (Å²) < 4.78 is 2.23. The molecule has 21 heavy (non-hydrogen) atoms. The molecule has 1 aromatic carbocycles. The van der Waals surface area contributed by atoms with Crippen molar-refractivity contribution in [2.24, 2.45) is 0 Å². The smallest absolute Gasteiger partial charge is 0.131 e. The number of halogens is 1. The molecule has 4 heteroatoms. The predicted octanol–water partition coefficient (Wildman–Crippen LogP) is 3.85. The molecule has 1 saturated heterocycles. The van der Waals surface area contributed by atoms with Gasteiger partial charge in [-0.3, -0.25) is 0 Å². The lowest BCUT2D eigenvalue weighted by atomic mass is 10.1. The SMILES string of the molecule is Cl.c1ccc(-c2nc(C3CCCN3)n3ccccc23)cc1. The minimum absolute atomic E-state index is 0. The van der Waals surface area contributed by atoms with Gasteiger partial charge in [0.1, 0.15) is 5.82 Å². The molecule has 1 aliphatic rings. The quantitative estimate of drug-likeness (QED) is 0.779. The molecular formula is C17H18ClN3. The molecule has 0 bridgehead atoms. The van der Waals surface area contributed by atoms with Crippen molar-refractivity contribution in [2.75, 3.05) is 6.54 Å². The molecule has 1 unspecified atom stereocenters. The van der Waals surface area contributed by atoms with E-state index >= 15 is 0 Å². The maximum Gasteiger partial charge on any atom is 0.131 e. The normalized spacial score (nSPS) is 17.8. The van der Waals surface area contributed by atoms with Crippen LogP contribution < -0.4 is 5.32 Å². The molecule has 0 aliphatic carbocycles. The van der Waals surface area contributed by atoms with Crippen molar-refractivity contribution in [2.45, 2.75) is 18.9 Å². The molecule has 0 saturated carbocycles. The Morgan fingerprint density at radius 2 is 1.86 bits per heavy atom. The standard InChI is InChI=1S/C17H17N3.ClH/c1-2-7-13(8-3-1)16-15-10-4-5-12-20(15)17(19-16)14-9-6-11-18-14;/h1-5,7-8,10,12,14,18H,6,9,11H2;1H. The summed E-state index contributed by atoms with van der Waals surface area (Å²) in [7, 11) is 0. The van der Waals surface area contributed by atoms with E-state index in [0.29, 0.717) is 6.04 Å². The summed E-state index contributed by atoms with van der Waals surface area (Å²) in [5.74, 6) is 1.14. The lowest BCUT2D eigenvalue weighted by molar-refractivity contribution is 0.603. The van der Waals surface area contributed by atoms with E-state index in [9.17, 15) is 0 Å². The summed E-state index contributed by atoms with van der Waals surface area (Å²) in [5.41, 5.74) is 3.44. The fraction of sp³-hybridized carbons (Fsp3) is 0.235. The number of pyridine rings is 1. The van der Waals surface area contributed by atoms with Crippen LogP contribution in [0.25, 0.3) is 16.8 Å². The first-order chi connectivity index (χ1) is 9.93. The third-order valence-electron chi connectivity index (χ3n) is 3.99. The number of hydrogen-bond donors (Lipinski definition) is 1. The van der Waals surface area contributed by atoms with Crippen LogP contribution >= 0.6 is 12.4 Å². The van der Waals surface area contributed by atoms with Gasteiger partial charge in [-0.05, 0) is 31.5 Å². The molecular weight excluding hydrogens is 282 g/mol. The summed E-state index contributed by atoms with van der Waals surface area (Å²) in [5, 5.41) is 3.55. The van der Waals surface area contributed by atoms with Crippen LogP contribution in [0.4, 0.5) is 0 Å². The summed E-state index contributed by atoms with van der Waals surface area (Å²) >= 11 is 0. The predicted molar refractivity (Wildman–Crippen MR) is 87.9 cm³/mol. The maximum absolute atomic E-state index is 4.94. The van der Waals surface area contributed by atoms with E-state index in [1.165, 1.54) is 23.9 Å². The first-order valence-corrected chi connectivity index (χ1v) is 7.19. The van der Waals surface area contributed by atoms with Crippen molar-refractivity contribution in [1.82, 2.24) is 14.7 Å². The highest BCUT2D eigenvalue weighted by molar-refractivity contribution is 5.85. The van der Waals surface area contributed by atoms with Crippen LogP contribution in [0.2, 0.25) is 0 Å². The molecule has 4 rings (SSSR count). The van der Waals surface area contributed by atoms with E-state index in [4.69, 9.17) is 4.98 Å². The van der Waals surface area contributed by atoms with Gasteiger partial charge in [0.15, 0.2) is 0 Å². The zero-order chi connectivity index (χ0) is 13.4. The Morgan fingerprint density at radius 3 is 2.62 bits per heavy atom. The average molecular weight is 300 g/mol. The Kier molecular flexibility index (Phi) is 3.95. The second-order valence-corrected chi connectivity index (χ2v) is 5.29. The molecule has 3 nitrogen and oxygen atoms in total. The van der Waals surface area contributed by atoms with E-state index in [0.717, 1.165) is 18.1 Å². The van der Waals surface area contributed by atoms with Gasteiger partial charge in [0.25, 0.3) is 0 Å². The second kappa shape index (κ2) is 5.88. The van der Waals surface area contributed by atoms with Crippen LogP contribution in [-0.4, -0.2) is 15.9 Å². The van der Waals surface area contributed by atoms with Gasteiger partial charge >= 0.3 is 0 Å². The number of hydrogen-bond acceptors (Lipinski definition) is 2. The van der Waals surface area contributed by atoms with E-state index in [1.807, 2.05) is 6.07 Å². The molecule has 1 fully saturated rings. The number of nitrogens with zero attached hydrogens (tertiary/aromatic N) is 2. The number of rotatable bonds is 2. The average Bonchev–Trinajstić information content (AvgIpc) is 3.15. The fourth-order valence-corrected chi connectivity index (χ4v) is 3.02. The minimum atomic E-state index is 0. The van der Waals surface area contributed by atoms with Crippen molar-refractivity contribution in [3.63, 3.8) is 0 Å². The zero-order valence-electron chi connectivity index (χ0n) is 11.7. The lowest BCUT2D eigenvalue weighted by Gasteiger charge is -2.08. The number of benzene rings is 1. The highest BCUT2D eigenvalue weighted by atomic mass is 35.5. The van der Waals surface area contributed by atoms with E-state index in [2.05, 4.69) is 58.4 Å². The molecule has 2 aromatic heterocycles. The Labute approximate surface area is 130 Å². The Bertz CT molecular complexity index is 730. The van der Waals surface area contributed by atoms with E-state index in [1.54, 1.807) is 0 Å². The summed E-state index contributed by atoms with van der Waals surface area (Å²) in [6, 6.07) is 17.1. The number of nitrogens with one attached hydrogen (secondary N) is 1. The van der Waals surface area contributed by atoms with Crippen LogP contribution in [0.15, 0.2) is 54.7 Å². The van der Waals surface area contributed by atoms with Crippen molar-refractivity contribution in [3.8, 4) is 11.3 Å². The van der Waals surface area contributed by atoms with Gasteiger partial charge in [-0.1, -0.05) is 36.4 Å². The highest BCUT2D eigenvalue weighted by Crippen LogP contribution is 2.29. The molecule has 3 heterocycles. The van der Waals surface area contributed by atoms with E-state index in [-0.39, 0.29) is 12.4 Å². The Hall–Kier alpha value is -1.84. The fourth-order valence-electron chi connectivity index (χ4n) is 3.02. The van der Waals surface area contributed by atoms with E-state index < -0.39 is 0 Å².